The lowest BCUT2D eigenvalue weighted by atomic mass is 9.84. The molecule has 10 heteroatoms. The van der Waals surface area contributed by atoms with Gasteiger partial charge in [0.2, 0.25) is 11.9 Å². The van der Waals surface area contributed by atoms with Gasteiger partial charge in [-0.15, -0.1) is 0 Å². The van der Waals surface area contributed by atoms with E-state index in [9.17, 15) is 19.2 Å². The van der Waals surface area contributed by atoms with E-state index in [2.05, 4.69) is 26.4 Å². The lowest BCUT2D eigenvalue weighted by Gasteiger charge is -2.40. The van der Waals surface area contributed by atoms with Crippen molar-refractivity contribution in [3.63, 3.8) is 0 Å². The van der Waals surface area contributed by atoms with Crippen LogP contribution in [0.25, 0.3) is 11.3 Å². The molecule has 1 aromatic carbocycles. The first-order valence-corrected chi connectivity index (χ1v) is 12.4. The standard InChI is InChI=1S/C27H28FN7O2/c28-23-20(8-9-22(31-23)18-4-2-1-3-5-18)16-34-14-11-27(10-13-29,12-15-34)35-17-21(24(30)36)25(33-35)32-26(37)19-6-7-19/h1-5,8-9,17,19H,6-7,10-12,14-16H2,(H2,30,36)(H,32,33,37). The van der Waals surface area contributed by atoms with Crippen LogP contribution in [0.3, 0.4) is 0 Å². The Morgan fingerprint density at radius 1 is 1.16 bits per heavy atom. The third-order valence-electron chi connectivity index (χ3n) is 7.24. The summed E-state index contributed by atoms with van der Waals surface area (Å²) in [4.78, 5) is 30.6. The third kappa shape index (κ3) is 5.22. The maximum atomic E-state index is 14.8. The molecule has 2 aromatic heterocycles. The summed E-state index contributed by atoms with van der Waals surface area (Å²) in [6.45, 7) is 1.58. The Kier molecular flexibility index (Phi) is 6.72. The Labute approximate surface area is 214 Å². The molecule has 5 rings (SSSR count). The zero-order valence-corrected chi connectivity index (χ0v) is 20.4. The van der Waals surface area contributed by atoms with Gasteiger partial charge in [-0.05, 0) is 31.7 Å². The van der Waals surface area contributed by atoms with Crippen LogP contribution >= 0.6 is 0 Å². The fourth-order valence-corrected chi connectivity index (χ4v) is 4.81. The first-order valence-electron chi connectivity index (χ1n) is 12.4. The number of halogens is 1. The molecule has 1 aliphatic heterocycles. The average Bonchev–Trinajstić information content (AvgIpc) is 3.67. The second kappa shape index (κ2) is 10.1. The van der Waals surface area contributed by atoms with Crippen molar-refractivity contribution in [1.29, 1.82) is 5.26 Å². The molecule has 1 saturated heterocycles. The molecular formula is C27H28FN7O2. The van der Waals surface area contributed by atoms with Crippen molar-refractivity contribution in [2.75, 3.05) is 18.4 Å². The molecule has 2 aliphatic rings. The Balaban J connectivity index is 1.30. The largest absolute Gasteiger partial charge is 0.365 e. The summed E-state index contributed by atoms with van der Waals surface area (Å²) < 4.78 is 16.5. The van der Waals surface area contributed by atoms with Gasteiger partial charge < -0.3 is 11.1 Å². The fourth-order valence-electron chi connectivity index (χ4n) is 4.81. The zero-order chi connectivity index (χ0) is 26.0. The number of carbonyl (C=O) groups excluding carboxylic acids is 2. The van der Waals surface area contributed by atoms with Crippen molar-refractivity contribution in [3.05, 3.63) is 65.7 Å². The second-order valence-electron chi connectivity index (χ2n) is 9.81. The topological polar surface area (TPSA) is 130 Å². The number of benzene rings is 1. The van der Waals surface area contributed by atoms with Gasteiger partial charge in [0.05, 0.1) is 23.7 Å². The van der Waals surface area contributed by atoms with E-state index in [0.717, 1.165) is 18.4 Å². The van der Waals surface area contributed by atoms with Crippen molar-refractivity contribution >= 4 is 17.6 Å². The first-order chi connectivity index (χ1) is 17.9. The van der Waals surface area contributed by atoms with Gasteiger partial charge in [-0.25, -0.2) is 4.98 Å². The number of anilines is 1. The molecule has 190 valence electrons. The number of hydrogen-bond acceptors (Lipinski definition) is 6. The molecule has 9 nitrogen and oxygen atoms in total. The highest BCUT2D eigenvalue weighted by Crippen LogP contribution is 2.36. The van der Waals surface area contributed by atoms with Crippen LogP contribution in [0.15, 0.2) is 48.7 Å². The molecule has 3 N–H and O–H groups in total. The van der Waals surface area contributed by atoms with Gasteiger partial charge in [-0.1, -0.05) is 36.4 Å². The highest BCUT2D eigenvalue weighted by molar-refractivity contribution is 6.02. The first kappa shape index (κ1) is 24.6. The molecular weight excluding hydrogens is 473 g/mol. The van der Waals surface area contributed by atoms with Crippen molar-refractivity contribution < 1.29 is 14.0 Å². The van der Waals surface area contributed by atoms with Gasteiger partial charge in [0, 0.05) is 42.9 Å². The summed E-state index contributed by atoms with van der Waals surface area (Å²) in [5, 5.41) is 16.8. The molecule has 2 amide bonds. The van der Waals surface area contributed by atoms with E-state index in [1.54, 1.807) is 10.7 Å². The van der Waals surface area contributed by atoms with Crippen molar-refractivity contribution in [2.45, 2.75) is 44.2 Å². The number of nitrogens with two attached hydrogens (primary N) is 1. The summed E-state index contributed by atoms with van der Waals surface area (Å²) in [7, 11) is 0. The molecule has 0 atom stereocenters. The summed E-state index contributed by atoms with van der Waals surface area (Å²) in [6.07, 6.45) is 4.47. The molecule has 0 spiro atoms. The van der Waals surface area contributed by atoms with Crippen LogP contribution in [0.4, 0.5) is 10.2 Å². The van der Waals surface area contributed by atoms with Crippen LogP contribution in [-0.2, 0) is 16.9 Å². The number of likely N-dealkylation sites (tertiary alicyclic amines) is 1. The maximum Gasteiger partial charge on any atom is 0.254 e. The smallest absolute Gasteiger partial charge is 0.254 e. The van der Waals surface area contributed by atoms with E-state index in [0.29, 0.717) is 43.7 Å². The number of nitriles is 1. The summed E-state index contributed by atoms with van der Waals surface area (Å²) >= 11 is 0. The van der Waals surface area contributed by atoms with Crippen LogP contribution in [-0.4, -0.2) is 44.6 Å². The zero-order valence-electron chi connectivity index (χ0n) is 20.4. The van der Waals surface area contributed by atoms with E-state index in [-0.39, 0.29) is 29.6 Å². The monoisotopic (exact) mass is 501 g/mol. The Morgan fingerprint density at radius 3 is 2.51 bits per heavy atom. The fraction of sp³-hybridized carbons (Fsp3) is 0.370. The maximum absolute atomic E-state index is 14.8. The number of amides is 2. The molecule has 3 aromatic rings. The van der Waals surface area contributed by atoms with Gasteiger partial charge >= 0.3 is 0 Å². The van der Waals surface area contributed by atoms with E-state index >= 15 is 0 Å². The van der Waals surface area contributed by atoms with E-state index in [4.69, 9.17) is 5.73 Å². The van der Waals surface area contributed by atoms with E-state index in [1.165, 1.54) is 6.20 Å². The van der Waals surface area contributed by atoms with Crippen LogP contribution in [0.5, 0.6) is 0 Å². The minimum absolute atomic E-state index is 0.0566. The van der Waals surface area contributed by atoms with Crippen LogP contribution in [0, 0.1) is 23.2 Å². The number of piperidine rings is 1. The number of hydrogen-bond donors (Lipinski definition) is 2. The van der Waals surface area contributed by atoms with Crippen LogP contribution < -0.4 is 11.1 Å². The number of carbonyl (C=O) groups is 2. The van der Waals surface area contributed by atoms with Crippen LogP contribution in [0.1, 0.15) is 48.0 Å². The molecule has 37 heavy (non-hydrogen) atoms. The van der Waals surface area contributed by atoms with Gasteiger partial charge in [-0.3, -0.25) is 19.2 Å². The normalized spacial score (nSPS) is 17.2. The van der Waals surface area contributed by atoms with Gasteiger partial charge in [-0.2, -0.15) is 14.8 Å². The van der Waals surface area contributed by atoms with Crippen molar-refractivity contribution in [3.8, 4) is 17.3 Å². The predicted molar refractivity (Wildman–Crippen MR) is 134 cm³/mol. The molecule has 1 aliphatic carbocycles. The number of primary amides is 1. The number of nitrogens with zero attached hydrogens (tertiary/aromatic N) is 5. The van der Waals surface area contributed by atoms with E-state index in [1.807, 2.05) is 36.4 Å². The molecule has 1 saturated carbocycles. The van der Waals surface area contributed by atoms with Gasteiger partial charge in [0.25, 0.3) is 5.91 Å². The van der Waals surface area contributed by atoms with Crippen molar-refractivity contribution in [2.24, 2.45) is 11.7 Å². The minimum Gasteiger partial charge on any atom is -0.365 e. The quantitative estimate of drug-likeness (QED) is 0.455. The summed E-state index contributed by atoms with van der Waals surface area (Å²) in [5.41, 5.74) is 6.97. The van der Waals surface area contributed by atoms with Gasteiger partial charge in [0.15, 0.2) is 5.82 Å². The Morgan fingerprint density at radius 2 is 1.89 bits per heavy atom. The molecule has 2 fully saturated rings. The van der Waals surface area contributed by atoms with Gasteiger partial charge in [0.1, 0.15) is 5.56 Å². The average molecular weight is 502 g/mol. The summed E-state index contributed by atoms with van der Waals surface area (Å²) in [6, 6.07) is 15.3. The highest BCUT2D eigenvalue weighted by atomic mass is 19.1. The molecule has 0 bridgehead atoms. The molecule has 3 heterocycles. The lowest BCUT2D eigenvalue weighted by molar-refractivity contribution is -0.117. The number of pyridine rings is 1. The number of rotatable bonds is 8. The third-order valence-corrected chi connectivity index (χ3v) is 7.24. The lowest BCUT2D eigenvalue weighted by Crippen LogP contribution is -2.46. The molecule has 0 radical (unpaired) electrons. The number of nitrogens with one attached hydrogen (secondary N) is 1. The van der Waals surface area contributed by atoms with Crippen molar-refractivity contribution in [1.82, 2.24) is 19.7 Å². The molecule has 0 unspecified atom stereocenters. The SMILES string of the molecule is N#CCC1(n2cc(C(N)=O)c(NC(=O)C3CC3)n2)CCN(Cc2ccc(-c3ccccc3)nc2F)CC1. The highest BCUT2D eigenvalue weighted by Gasteiger charge is 2.39. The minimum atomic E-state index is -0.691. The van der Waals surface area contributed by atoms with E-state index < -0.39 is 17.4 Å². The number of aromatic nitrogens is 3. The second-order valence-corrected chi connectivity index (χ2v) is 9.81. The summed E-state index contributed by atoms with van der Waals surface area (Å²) in [5.74, 6) is -1.28. The van der Waals surface area contributed by atoms with Crippen LogP contribution in [0.2, 0.25) is 0 Å². The Bertz CT molecular complexity index is 1350. The predicted octanol–water partition coefficient (Wildman–Crippen LogP) is 3.44. The Hall–Kier alpha value is -4.10.